The number of hydrogen-bond donors (Lipinski definition) is 2. The van der Waals surface area contributed by atoms with Crippen LogP contribution in [0, 0.1) is 25.5 Å². The number of pyridine rings is 4. The van der Waals surface area contributed by atoms with E-state index in [1.165, 1.54) is 40.6 Å². The van der Waals surface area contributed by atoms with Crippen LogP contribution in [-0.4, -0.2) is 116 Å². The van der Waals surface area contributed by atoms with Crippen LogP contribution in [0.3, 0.4) is 0 Å². The Hall–Kier alpha value is -7.80. The summed E-state index contributed by atoms with van der Waals surface area (Å²) < 4.78 is 104. The molecule has 0 saturated heterocycles. The summed E-state index contributed by atoms with van der Waals surface area (Å²) in [7, 11) is -1.95. The summed E-state index contributed by atoms with van der Waals surface area (Å²) in [6.45, 7) is 3.74. The Kier molecular flexibility index (Phi) is 16.3. The SMILES string of the molecule is COc1cccc(OC)c1-n1c(CS(=O)(=O)C[C@@H](O)c2ccc(F)cn2)nnc1-c1cncc(C)c1.COc1cccc(OC)c1-n1c(CS(=O)(=O)C[C@H](O)c2ccc(F)cn2)nnc1-c1cncc(C)c1. The molecule has 0 radical (unpaired) electrons. The summed E-state index contributed by atoms with van der Waals surface area (Å²) in [5.74, 6) is -1.15. The molecule has 0 saturated carbocycles. The van der Waals surface area contributed by atoms with Gasteiger partial charge in [0.2, 0.25) is 0 Å². The van der Waals surface area contributed by atoms with Crippen LogP contribution in [0.1, 0.15) is 46.4 Å². The minimum atomic E-state index is -3.94. The Balaban J connectivity index is 0.000000211. The third-order valence-corrected chi connectivity index (χ3v) is 13.7. The highest BCUT2D eigenvalue weighted by Crippen LogP contribution is 2.38. The highest BCUT2D eigenvalue weighted by Gasteiger charge is 2.30. The number of aliphatic hydroxyl groups excluding tert-OH is 2. The van der Waals surface area contributed by atoms with Crippen molar-refractivity contribution in [2.75, 3.05) is 39.9 Å². The van der Waals surface area contributed by atoms with Crippen LogP contribution >= 0.6 is 0 Å². The molecule has 24 heteroatoms. The first-order valence-corrected chi connectivity index (χ1v) is 25.2. The van der Waals surface area contributed by atoms with Gasteiger partial charge in [0.1, 0.15) is 69.7 Å². The topological polar surface area (TPSA) is 259 Å². The highest BCUT2D eigenvalue weighted by atomic mass is 32.2. The molecule has 0 spiro atoms. The molecule has 2 atom stereocenters. The minimum absolute atomic E-state index is 0.0411. The van der Waals surface area contributed by atoms with Crippen LogP contribution in [0.25, 0.3) is 34.2 Å². The van der Waals surface area contributed by atoms with Gasteiger partial charge in [-0.2, -0.15) is 0 Å². The van der Waals surface area contributed by atoms with Crippen molar-refractivity contribution in [3.8, 4) is 57.1 Å². The average molecular weight is 1030 g/mol. The van der Waals surface area contributed by atoms with Crippen LogP contribution in [0.5, 0.6) is 23.0 Å². The largest absolute Gasteiger partial charge is 0.494 e. The van der Waals surface area contributed by atoms with E-state index in [-0.39, 0.29) is 23.0 Å². The fraction of sp³-hybridized carbons (Fsp3) is 0.250. The van der Waals surface area contributed by atoms with Gasteiger partial charge >= 0.3 is 0 Å². The maximum atomic E-state index is 13.2. The number of rotatable bonds is 18. The van der Waals surface area contributed by atoms with E-state index in [9.17, 15) is 35.8 Å². The lowest BCUT2D eigenvalue weighted by Gasteiger charge is -2.18. The van der Waals surface area contributed by atoms with Crippen molar-refractivity contribution in [2.45, 2.75) is 37.6 Å². The normalized spacial score (nSPS) is 12.4. The predicted octanol–water partition coefficient (Wildman–Crippen LogP) is 5.67. The van der Waals surface area contributed by atoms with Gasteiger partial charge < -0.3 is 29.2 Å². The summed E-state index contributed by atoms with van der Waals surface area (Å²) in [4.78, 5) is 16.0. The first-order chi connectivity index (χ1) is 34.4. The van der Waals surface area contributed by atoms with Gasteiger partial charge in [0.05, 0.1) is 63.7 Å². The fourth-order valence-electron chi connectivity index (χ4n) is 7.45. The zero-order valence-electron chi connectivity index (χ0n) is 39.6. The second-order valence-electron chi connectivity index (χ2n) is 16.0. The number of aromatic nitrogens is 10. The number of benzene rings is 2. The zero-order chi connectivity index (χ0) is 51.7. The molecule has 6 aromatic heterocycles. The third-order valence-electron chi connectivity index (χ3n) is 10.7. The van der Waals surface area contributed by atoms with E-state index in [0.29, 0.717) is 57.1 Å². The Bertz CT molecular complexity index is 3130. The molecule has 8 rings (SSSR count). The van der Waals surface area contributed by atoms with Gasteiger partial charge in [-0.05, 0) is 85.6 Å². The molecule has 6 heterocycles. The van der Waals surface area contributed by atoms with Crippen molar-refractivity contribution in [3.63, 3.8) is 0 Å². The van der Waals surface area contributed by atoms with E-state index in [1.54, 1.807) is 70.3 Å². The lowest BCUT2D eigenvalue weighted by atomic mass is 10.2. The van der Waals surface area contributed by atoms with Gasteiger partial charge in [-0.25, -0.2) is 25.6 Å². The number of methoxy groups -OCH3 is 4. The first-order valence-electron chi connectivity index (χ1n) is 21.6. The van der Waals surface area contributed by atoms with Crippen molar-refractivity contribution in [1.29, 1.82) is 0 Å². The van der Waals surface area contributed by atoms with E-state index >= 15 is 0 Å². The third kappa shape index (κ3) is 12.2. The molecule has 376 valence electrons. The van der Waals surface area contributed by atoms with Crippen molar-refractivity contribution in [3.05, 3.63) is 156 Å². The predicted molar refractivity (Wildman–Crippen MR) is 258 cm³/mol. The number of halogens is 2. The molecule has 2 N–H and O–H groups in total. The summed E-state index contributed by atoms with van der Waals surface area (Å²) in [5.41, 5.74) is 3.87. The lowest BCUT2D eigenvalue weighted by molar-refractivity contribution is 0.196. The van der Waals surface area contributed by atoms with Crippen LogP contribution in [0.2, 0.25) is 0 Å². The van der Waals surface area contributed by atoms with Crippen molar-refractivity contribution in [2.24, 2.45) is 0 Å². The van der Waals surface area contributed by atoms with Crippen molar-refractivity contribution < 1.29 is 54.8 Å². The second kappa shape index (κ2) is 22.5. The van der Waals surface area contributed by atoms with Crippen LogP contribution in [0.4, 0.5) is 8.78 Å². The Morgan fingerprint density at radius 2 is 0.889 bits per heavy atom. The Labute approximate surface area is 412 Å². The number of hydrogen-bond acceptors (Lipinski definition) is 18. The number of aliphatic hydroxyl groups is 2. The summed E-state index contributed by atoms with van der Waals surface area (Å²) in [6, 6.07) is 18.7. The standard InChI is InChI=1S/2C24H24FN5O5S/c2*1-15-9-16(11-26-10-15)24-29-28-22(30(24)23-20(34-2)5-4-6-21(23)35-3)14-36(32,33)13-19(31)18-8-7-17(25)12-27-18/h2*4-12,19,31H,13-14H2,1-3H3/t2*19-/m10/s1. The molecule has 0 aliphatic carbocycles. The number of ether oxygens (including phenoxy) is 4. The van der Waals surface area contributed by atoms with Gasteiger partial charge in [0.15, 0.2) is 43.0 Å². The number of para-hydroxylation sites is 2. The van der Waals surface area contributed by atoms with E-state index in [4.69, 9.17) is 18.9 Å². The summed E-state index contributed by atoms with van der Waals surface area (Å²) in [6.07, 6.45) is 5.49. The number of nitrogens with zero attached hydrogens (tertiary/aromatic N) is 10. The molecule has 8 aromatic rings. The maximum absolute atomic E-state index is 13.2. The van der Waals surface area contributed by atoms with Crippen molar-refractivity contribution in [1.82, 2.24) is 49.5 Å². The molecule has 0 unspecified atom stereocenters. The van der Waals surface area contributed by atoms with Crippen LogP contribution in [-0.2, 0) is 31.2 Å². The Morgan fingerprint density at radius 1 is 0.528 bits per heavy atom. The molecular formula is C48H48F2N10O10S2. The van der Waals surface area contributed by atoms with Gasteiger partial charge in [0.25, 0.3) is 0 Å². The Morgan fingerprint density at radius 3 is 1.19 bits per heavy atom. The monoisotopic (exact) mass is 1030 g/mol. The quantitative estimate of drug-likeness (QED) is 0.105. The number of aryl methyl sites for hydroxylation is 2. The average Bonchev–Trinajstić information content (AvgIpc) is 3.96. The molecule has 20 nitrogen and oxygen atoms in total. The van der Waals surface area contributed by atoms with Crippen LogP contribution < -0.4 is 18.9 Å². The molecule has 0 amide bonds. The highest BCUT2D eigenvalue weighted by molar-refractivity contribution is 7.90. The van der Waals surface area contributed by atoms with E-state index in [2.05, 4.69) is 40.3 Å². The van der Waals surface area contributed by atoms with Gasteiger partial charge in [-0.15, -0.1) is 20.4 Å². The van der Waals surface area contributed by atoms with E-state index < -0.39 is 66.5 Å². The number of sulfone groups is 2. The maximum Gasteiger partial charge on any atom is 0.170 e. The van der Waals surface area contributed by atoms with Crippen LogP contribution in [0.15, 0.2) is 110 Å². The fourth-order valence-corrected chi connectivity index (χ4v) is 10.2. The molecule has 0 aliphatic rings. The first kappa shape index (κ1) is 52.0. The molecule has 2 aromatic carbocycles. The molecule has 0 aliphatic heterocycles. The summed E-state index contributed by atoms with van der Waals surface area (Å²) in [5, 5.41) is 37.8. The van der Waals surface area contributed by atoms with Gasteiger partial charge in [0, 0.05) is 35.9 Å². The lowest BCUT2D eigenvalue weighted by Crippen LogP contribution is -2.19. The summed E-state index contributed by atoms with van der Waals surface area (Å²) >= 11 is 0. The molecular weight excluding hydrogens is 979 g/mol. The molecule has 72 heavy (non-hydrogen) atoms. The zero-order valence-corrected chi connectivity index (χ0v) is 41.2. The molecule has 0 fully saturated rings. The van der Waals surface area contributed by atoms with Gasteiger partial charge in [-0.1, -0.05) is 12.1 Å². The molecule has 0 bridgehead atoms. The van der Waals surface area contributed by atoms with E-state index in [0.717, 1.165) is 35.7 Å². The second-order valence-corrected chi connectivity index (χ2v) is 20.2. The van der Waals surface area contributed by atoms with Gasteiger partial charge in [-0.3, -0.25) is 29.1 Å². The van der Waals surface area contributed by atoms with Crippen molar-refractivity contribution >= 4 is 19.7 Å². The minimum Gasteiger partial charge on any atom is -0.494 e. The van der Waals surface area contributed by atoms with E-state index in [1.807, 2.05) is 26.0 Å². The smallest absolute Gasteiger partial charge is 0.170 e.